The lowest BCUT2D eigenvalue weighted by molar-refractivity contribution is 0.661. The molecule has 0 bridgehead atoms. The van der Waals surface area contributed by atoms with Gasteiger partial charge in [-0.3, -0.25) is 0 Å². The zero-order chi connectivity index (χ0) is 37.8. The standard InChI is InChI=1S/C55H38N2/c1-55(2)48-33-38(36-25-29-53-46(31-36)44-18-8-10-20-51(44)56(53)40-15-4-3-5-16-40)23-27-42(48)43-28-24-39(34-49(43)55)37-26-30-54-47(32-37)45-19-9-11-21-52(45)57(54)50-22-12-14-35-13-6-7-17-41(35)50/h3-34H,1-2H3. The smallest absolute Gasteiger partial charge is 0.0541 e. The van der Waals surface area contributed by atoms with Gasteiger partial charge in [-0.25, -0.2) is 0 Å². The summed E-state index contributed by atoms with van der Waals surface area (Å²) in [5.41, 5.74) is 17.5. The van der Waals surface area contributed by atoms with E-state index in [9.17, 15) is 0 Å². The van der Waals surface area contributed by atoms with Crippen molar-refractivity contribution >= 4 is 54.4 Å². The molecule has 0 radical (unpaired) electrons. The molecule has 0 aliphatic heterocycles. The van der Waals surface area contributed by atoms with E-state index in [2.05, 4.69) is 217 Å². The Labute approximate surface area is 331 Å². The minimum absolute atomic E-state index is 0.154. The SMILES string of the molecule is CC1(C)c2cc(-c3ccc4c(c3)c3ccccc3n4-c3ccccc3)ccc2-c2ccc(-c3ccc4c(c3)c3ccccc3n4-c3cccc4ccccc34)cc21. The largest absolute Gasteiger partial charge is 0.309 e. The summed E-state index contributed by atoms with van der Waals surface area (Å²) in [5, 5.41) is 7.60. The Morgan fingerprint density at radius 2 is 0.789 bits per heavy atom. The van der Waals surface area contributed by atoms with Gasteiger partial charge in [0.15, 0.2) is 0 Å². The summed E-state index contributed by atoms with van der Waals surface area (Å²) >= 11 is 0. The third-order valence-corrected chi connectivity index (χ3v) is 12.7. The fourth-order valence-electron chi connectivity index (χ4n) is 9.92. The maximum absolute atomic E-state index is 2.45. The number of rotatable bonds is 4. The zero-order valence-corrected chi connectivity index (χ0v) is 31.9. The average molecular weight is 727 g/mol. The lowest BCUT2D eigenvalue weighted by atomic mass is 9.80. The monoisotopic (exact) mass is 726 g/mol. The van der Waals surface area contributed by atoms with Crippen molar-refractivity contribution < 1.29 is 0 Å². The zero-order valence-electron chi connectivity index (χ0n) is 31.9. The number of aromatic nitrogens is 2. The van der Waals surface area contributed by atoms with Crippen molar-refractivity contribution in [2.75, 3.05) is 0 Å². The molecular formula is C55H38N2. The molecule has 1 aliphatic rings. The van der Waals surface area contributed by atoms with Gasteiger partial charge >= 0.3 is 0 Å². The highest BCUT2D eigenvalue weighted by Crippen LogP contribution is 2.51. The Morgan fingerprint density at radius 1 is 0.333 bits per heavy atom. The van der Waals surface area contributed by atoms with Gasteiger partial charge in [-0.05, 0) is 117 Å². The molecule has 12 rings (SSSR count). The molecule has 0 fully saturated rings. The van der Waals surface area contributed by atoms with Gasteiger partial charge in [0.2, 0.25) is 0 Å². The van der Waals surface area contributed by atoms with E-state index in [4.69, 9.17) is 0 Å². The van der Waals surface area contributed by atoms with E-state index in [0.717, 1.165) is 0 Å². The van der Waals surface area contributed by atoms with Gasteiger partial charge in [0.25, 0.3) is 0 Å². The van der Waals surface area contributed by atoms with Gasteiger partial charge in [0.1, 0.15) is 0 Å². The Bertz CT molecular complexity index is 3420. The molecule has 2 aromatic heterocycles. The van der Waals surface area contributed by atoms with Crippen LogP contribution in [0, 0.1) is 0 Å². The molecule has 2 heterocycles. The van der Waals surface area contributed by atoms with Crippen molar-refractivity contribution in [2.45, 2.75) is 19.3 Å². The molecule has 9 aromatic carbocycles. The van der Waals surface area contributed by atoms with Crippen LogP contribution in [0.3, 0.4) is 0 Å². The highest BCUT2D eigenvalue weighted by molar-refractivity contribution is 6.12. The van der Waals surface area contributed by atoms with Crippen molar-refractivity contribution in [3.05, 3.63) is 205 Å². The highest BCUT2D eigenvalue weighted by atomic mass is 15.0. The summed E-state index contributed by atoms with van der Waals surface area (Å²) in [7, 11) is 0. The molecule has 0 saturated carbocycles. The van der Waals surface area contributed by atoms with Crippen LogP contribution in [0.4, 0.5) is 0 Å². The van der Waals surface area contributed by atoms with Crippen LogP contribution in [0.2, 0.25) is 0 Å². The molecule has 0 N–H and O–H groups in total. The lowest BCUT2D eigenvalue weighted by Gasteiger charge is -2.22. The van der Waals surface area contributed by atoms with Crippen LogP contribution in [0.15, 0.2) is 194 Å². The molecule has 11 aromatic rings. The van der Waals surface area contributed by atoms with Crippen LogP contribution in [0.1, 0.15) is 25.0 Å². The van der Waals surface area contributed by atoms with Crippen LogP contribution in [-0.2, 0) is 5.41 Å². The fourth-order valence-corrected chi connectivity index (χ4v) is 9.92. The van der Waals surface area contributed by atoms with Gasteiger partial charge < -0.3 is 9.13 Å². The van der Waals surface area contributed by atoms with Crippen LogP contribution in [-0.4, -0.2) is 9.13 Å². The van der Waals surface area contributed by atoms with Gasteiger partial charge in [-0.2, -0.15) is 0 Å². The molecular weight excluding hydrogens is 689 g/mol. The minimum Gasteiger partial charge on any atom is -0.309 e. The number of nitrogens with zero attached hydrogens (tertiary/aromatic N) is 2. The quantitative estimate of drug-likeness (QED) is 0.171. The predicted octanol–water partition coefficient (Wildman–Crippen LogP) is 14.7. The lowest BCUT2D eigenvalue weighted by Crippen LogP contribution is -2.15. The molecule has 0 spiro atoms. The second-order valence-corrected chi connectivity index (χ2v) is 16.1. The van der Waals surface area contributed by atoms with Gasteiger partial charge in [0, 0.05) is 38.0 Å². The number of fused-ring (bicyclic) bond motifs is 10. The second-order valence-electron chi connectivity index (χ2n) is 16.1. The first kappa shape index (κ1) is 32.1. The molecule has 0 saturated heterocycles. The second kappa shape index (κ2) is 11.9. The molecule has 2 heteroatoms. The van der Waals surface area contributed by atoms with Gasteiger partial charge in [-0.1, -0.05) is 141 Å². The Morgan fingerprint density at radius 3 is 1.42 bits per heavy atom. The minimum atomic E-state index is -0.154. The molecule has 2 nitrogen and oxygen atoms in total. The normalized spacial score (nSPS) is 13.2. The number of benzene rings is 9. The summed E-state index contributed by atoms with van der Waals surface area (Å²) in [6.07, 6.45) is 0. The Balaban J connectivity index is 0.945. The topological polar surface area (TPSA) is 9.86 Å². The predicted molar refractivity (Wildman–Crippen MR) is 241 cm³/mol. The molecule has 268 valence electrons. The van der Waals surface area contributed by atoms with Crippen molar-refractivity contribution in [1.82, 2.24) is 9.13 Å². The first-order valence-electron chi connectivity index (χ1n) is 19.9. The highest BCUT2D eigenvalue weighted by Gasteiger charge is 2.36. The third kappa shape index (κ3) is 4.65. The summed E-state index contributed by atoms with van der Waals surface area (Å²) in [6.45, 7) is 4.78. The van der Waals surface area contributed by atoms with Gasteiger partial charge in [-0.15, -0.1) is 0 Å². The third-order valence-electron chi connectivity index (χ3n) is 12.7. The molecule has 0 amide bonds. The molecule has 0 atom stereocenters. The van der Waals surface area contributed by atoms with Crippen molar-refractivity contribution in [3.63, 3.8) is 0 Å². The summed E-state index contributed by atoms with van der Waals surface area (Å²) < 4.78 is 4.82. The number of hydrogen-bond donors (Lipinski definition) is 0. The Hall–Kier alpha value is -7.16. The van der Waals surface area contributed by atoms with E-state index in [0.29, 0.717) is 0 Å². The van der Waals surface area contributed by atoms with E-state index < -0.39 is 0 Å². The van der Waals surface area contributed by atoms with Gasteiger partial charge in [0.05, 0.1) is 27.8 Å². The van der Waals surface area contributed by atoms with Crippen LogP contribution >= 0.6 is 0 Å². The van der Waals surface area contributed by atoms with E-state index in [1.54, 1.807) is 0 Å². The van der Waals surface area contributed by atoms with E-state index in [1.807, 2.05) is 0 Å². The van der Waals surface area contributed by atoms with Crippen LogP contribution < -0.4 is 0 Å². The first-order chi connectivity index (χ1) is 28.0. The maximum atomic E-state index is 2.45. The molecule has 1 aliphatic carbocycles. The van der Waals surface area contributed by atoms with E-state index in [-0.39, 0.29) is 5.41 Å². The average Bonchev–Trinajstić information content (AvgIpc) is 3.85. The maximum Gasteiger partial charge on any atom is 0.0541 e. The summed E-state index contributed by atoms with van der Waals surface area (Å²) in [5.74, 6) is 0. The first-order valence-corrected chi connectivity index (χ1v) is 19.9. The van der Waals surface area contributed by atoms with Crippen LogP contribution in [0.5, 0.6) is 0 Å². The number of para-hydroxylation sites is 3. The van der Waals surface area contributed by atoms with E-state index in [1.165, 1.54) is 110 Å². The summed E-state index contributed by atoms with van der Waals surface area (Å²) in [6, 6.07) is 71.8. The van der Waals surface area contributed by atoms with Crippen molar-refractivity contribution in [1.29, 1.82) is 0 Å². The van der Waals surface area contributed by atoms with Crippen molar-refractivity contribution in [3.8, 4) is 44.8 Å². The number of hydrogen-bond acceptors (Lipinski definition) is 0. The van der Waals surface area contributed by atoms with Crippen molar-refractivity contribution in [2.24, 2.45) is 0 Å². The molecule has 0 unspecified atom stereocenters. The van der Waals surface area contributed by atoms with Crippen LogP contribution in [0.25, 0.3) is 99.1 Å². The summed E-state index contributed by atoms with van der Waals surface area (Å²) in [4.78, 5) is 0. The fraction of sp³-hybridized carbons (Fsp3) is 0.0545. The van der Waals surface area contributed by atoms with E-state index >= 15 is 0 Å². The molecule has 57 heavy (non-hydrogen) atoms. The Kier molecular flexibility index (Phi) is 6.72.